The van der Waals surface area contributed by atoms with E-state index in [2.05, 4.69) is 0 Å². The van der Waals surface area contributed by atoms with Crippen LogP contribution in [-0.2, 0) is 22.2 Å². The third-order valence-electron chi connectivity index (χ3n) is 4.03. The van der Waals surface area contributed by atoms with Gasteiger partial charge in [-0.1, -0.05) is 25.1 Å². The molecule has 0 bridgehead atoms. The van der Waals surface area contributed by atoms with E-state index in [1.54, 1.807) is 11.6 Å². The van der Waals surface area contributed by atoms with E-state index in [9.17, 15) is 22.8 Å². The van der Waals surface area contributed by atoms with Gasteiger partial charge in [0.2, 0.25) is 5.91 Å². The highest BCUT2D eigenvalue weighted by Crippen LogP contribution is 2.29. The summed E-state index contributed by atoms with van der Waals surface area (Å²) in [5.74, 6) is -0.132. The lowest BCUT2D eigenvalue weighted by molar-refractivity contribution is -0.151. The van der Waals surface area contributed by atoms with Gasteiger partial charge in [0.25, 0.3) is 0 Å². The molecular weight excluding hydrogens is 333 g/mol. The summed E-state index contributed by atoms with van der Waals surface area (Å²) in [5.41, 5.74) is -0.394. The van der Waals surface area contributed by atoms with Crippen LogP contribution in [0.3, 0.4) is 0 Å². The Balaban J connectivity index is 1.91. The second-order valence-electron chi connectivity index (χ2n) is 6.05. The topological polar surface area (TPSA) is 40.6 Å². The van der Waals surface area contributed by atoms with Crippen LogP contribution in [0.25, 0.3) is 0 Å². The molecule has 0 aromatic heterocycles. The van der Waals surface area contributed by atoms with Gasteiger partial charge in [-0.3, -0.25) is 14.6 Å². The molecule has 1 radical (unpaired) electrons. The monoisotopic (exact) mass is 355 g/mol. The minimum absolute atomic E-state index is 0.0124. The fraction of sp³-hybridized carbons (Fsp3) is 0.500. The Hall–Kier alpha value is -1.89. The highest BCUT2D eigenvalue weighted by molar-refractivity contribution is 5.81. The lowest BCUT2D eigenvalue weighted by Crippen LogP contribution is -2.49. The molecule has 1 saturated heterocycles. The van der Waals surface area contributed by atoms with E-state index in [1.807, 2.05) is 11.9 Å². The maximum absolute atomic E-state index is 12.7. The van der Waals surface area contributed by atoms with Crippen molar-refractivity contribution in [2.75, 3.05) is 13.1 Å². The molecule has 1 aromatic rings. The number of amides is 1. The fourth-order valence-corrected chi connectivity index (χ4v) is 2.83. The van der Waals surface area contributed by atoms with Crippen molar-refractivity contribution in [3.05, 3.63) is 41.9 Å². The number of Topliss-reactive ketones (excluding diaryl/α,β-unsaturated/α-hetero) is 1. The summed E-state index contributed by atoms with van der Waals surface area (Å²) in [6.45, 7) is 4.80. The van der Waals surface area contributed by atoms with Gasteiger partial charge >= 0.3 is 6.18 Å². The summed E-state index contributed by atoms with van der Waals surface area (Å²) >= 11 is 0. The van der Waals surface area contributed by atoms with E-state index >= 15 is 0 Å². The first-order chi connectivity index (χ1) is 11.8. The molecule has 1 aliphatic heterocycles. The molecule has 1 aromatic carbocycles. The third-order valence-corrected chi connectivity index (χ3v) is 4.03. The number of ketones is 1. The molecule has 2 rings (SSSR count). The number of halogens is 3. The molecule has 1 heterocycles. The molecule has 4 nitrogen and oxygen atoms in total. The standard InChI is InChI=1S/C18H22F3N2O2/c1-2-9-23-17(25)7-4-10-22(23)11-8-16(24)13-14-5-3-6-15(12-14)18(19,20)21/h3,5-6,9,12H,2,4,7-8,10-11,13H2,1H3. The van der Waals surface area contributed by atoms with Crippen LogP contribution < -0.4 is 0 Å². The van der Waals surface area contributed by atoms with E-state index in [1.165, 1.54) is 12.1 Å². The molecule has 0 N–H and O–H groups in total. The average molecular weight is 355 g/mol. The van der Waals surface area contributed by atoms with Gasteiger partial charge in [0, 0.05) is 32.4 Å². The van der Waals surface area contributed by atoms with Gasteiger partial charge in [0.15, 0.2) is 0 Å². The number of hydrazine groups is 1. The first-order valence-electron chi connectivity index (χ1n) is 8.39. The summed E-state index contributed by atoms with van der Waals surface area (Å²) in [7, 11) is 0. The van der Waals surface area contributed by atoms with E-state index in [0.717, 1.165) is 18.6 Å². The van der Waals surface area contributed by atoms with Crippen LogP contribution in [0.4, 0.5) is 13.2 Å². The quantitative estimate of drug-likeness (QED) is 0.750. The number of rotatable bonds is 7. The number of carbonyl (C=O) groups excluding carboxylic acids is 2. The number of carbonyl (C=O) groups is 2. The maximum atomic E-state index is 12.7. The Labute approximate surface area is 145 Å². The van der Waals surface area contributed by atoms with Crippen molar-refractivity contribution in [3.8, 4) is 0 Å². The maximum Gasteiger partial charge on any atom is 0.416 e. The Morgan fingerprint density at radius 3 is 2.76 bits per heavy atom. The SMILES string of the molecule is CC[CH]N1C(=O)CCCN1CCC(=O)Cc1cccc(C(F)(F)F)c1. The summed E-state index contributed by atoms with van der Waals surface area (Å²) in [6, 6.07) is 4.84. The highest BCUT2D eigenvalue weighted by Gasteiger charge is 2.30. The zero-order valence-corrected chi connectivity index (χ0v) is 14.2. The Morgan fingerprint density at radius 1 is 1.32 bits per heavy atom. The van der Waals surface area contributed by atoms with Gasteiger partial charge in [-0.05, 0) is 24.5 Å². The van der Waals surface area contributed by atoms with E-state index in [-0.39, 0.29) is 24.5 Å². The molecule has 7 heteroatoms. The summed E-state index contributed by atoms with van der Waals surface area (Å²) in [4.78, 5) is 24.1. The first kappa shape index (κ1) is 19.4. The lowest BCUT2D eigenvalue weighted by atomic mass is 10.0. The number of alkyl halides is 3. The Bertz CT molecular complexity index is 617. The minimum Gasteiger partial charge on any atom is -0.299 e. The van der Waals surface area contributed by atoms with Crippen molar-refractivity contribution < 1.29 is 22.8 Å². The molecule has 1 amide bonds. The van der Waals surface area contributed by atoms with Crippen molar-refractivity contribution in [3.63, 3.8) is 0 Å². The summed E-state index contributed by atoms with van der Waals surface area (Å²) in [5, 5.41) is 3.40. The van der Waals surface area contributed by atoms with Crippen molar-refractivity contribution in [1.29, 1.82) is 0 Å². The number of hydrogen-bond acceptors (Lipinski definition) is 3. The normalized spacial score (nSPS) is 16.3. The number of nitrogens with zero attached hydrogens (tertiary/aromatic N) is 2. The first-order valence-corrected chi connectivity index (χ1v) is 8.39. The molecule has 0 saturated carbocycles. The van der Waals surface area contributed by atoms with Gasteiger partial charge in [0.05, 0.1) is 12.1 Å². The Kier molecular flexibility index (Phi) is 6.58. The van der Waals surface area contributed by atoms with Gasteiger partial charge in [-0.2, -0.15) is 13.2 Å². The molecule has 0 aliphatic carbocycles. The van der Waals surface area contributed by atoms with Crippen LogP contribution in [0.15, 0.2) is 24.3 Å². The van der Waals surface area contributed by atoms with Crippen molar-refractivity contribution in [2.45, 2.75) is 45.2 Å². The molecule has 25 heavy (non-hydrogen) atoms. The fourth-order valence-electron chi connectivity index (χ4n) is 2.83. The highest BCUT2D eigenvalue weighted by atomic mass is 19.4. The van der Waals surface area contributed by atoms with Crippen molar-refractivity contribution in [2.24, 2.45) is 0 Å². The molecule has 0 unspecified atom stereocenters. The van der Waals surface area contributed by atoms with Crippen LogP contribution in [0.1, 0.15) is 43.7 Å². The van der Waals surface area contributed by atoms with E-state index < -0.39 is 11.7 Å². The largest absolute Gasteiger partial charge is 0.416 e. The van der Waals surface area contributed by atoms with E-state index in [4.69, 9.17) is 0 Å². The molecule has 1 aliphatic rings. The molecule has 137 valence electrons. The lowest BCUT2D eigenvalue weighted by Gasteiger charge is -2.38. The van der Waals surface area contributed by atoms with Gasteiger partial charge in [-0.25, -0.2) is 5.01 Å². The summed E-state index contributed by atoms with van der Waals surface area (Å²) < 4.78 is 38.1. The smallest absolute Gasteiger partial charge is 0.299 e. The van der Waals surface area contributed by atoms with Gasteiger partial charge < -0.3 is 0 Å². The second kappa shape index (κ2) is 8.47. The zero-order chi connectivity index (χ0) is 18.4. The van der Waals surface area contributed by atoms with E-state index in [0.29, 0.717) is 31.5 Å². The molecule has 0 spiro atoms. The predicted octanol–water partition coefficient (Wildman–Crippen LogP) is 3.62. The van der Waals surface area contributed by atoms with Crippen LogP contribution in [0.2, 0.25) is 0 Å². The minimum atomic E-state index is -4.41. The van der Waals surface area contributed by atoms with Crippen LogP contribution >= 0.6 is 0 Å². The Morgan fingerprint density at radius 2 is 2.08 bits per heavy atom. The zero-order valence-electron chi connectivity index (χ0n) is 14.2. The number of benzene rings is 1. The van der Waals surface area contributed by atoms with Gasteiger partial charge in [-0.15, -0.1) is 0 Å². The number of hydrogen-bond donors (Lipinski definition) is 0. The molecule has 1 fully saturated rings. The summed E-state index contributed by atoms with van der Waals surface area (Å²) in [6.07, 6.45) is -2.31. The van der Waals surface area contributed by atoms with Crippen molar-refractivity contribution in [1.82, 2.24) is 10.0 Å². The van der Waals surface area contributed by atoms with Crippen LogP contribution in [-0.4, -0.2) is 34.8 Å². The van der Waals surface area contributed by atoms with Crippen molar-refractivity contribution >= 4 is 11.7 Å². The second-order valence-corrected chi connectivity index (χ2v) is 6.05. The third kappa shape index (κ3) is 5.56. The van der Waals surface area contributed by atoms with Crippen LogP contribution in [0, 0.1) is 6.54 Å². The average Bonchev–Trinajstić information content (AvgIpc) is 2.55. The molecule has 0 atom stereocenters. The van der Waals surface area contributed by atoms with Gasteiger partial charge in [0.1, 0.15) is 5.78 Å². The molecular formula is C18H22F3N2O2. The predicted molar refractivity (Wildman–Crippen MR) is 87.0 cm³/mol. The van der Waals surface area contributed by atoms with Crippen LogP contribution in [0.5, 0.6) is 0 Å².